The molecule has 1 aromatic heterocycles. The van der Waals surface area contributed by atoms with E-state index in [0.717, 1.165) is 11.1 Å². The van der Waals surface area contributed by atoms with Crippen molar-refractivity contribution in [2.45, 2.75) is 6.61 Å². The predicted octanol–water partition coefficient (Wildman–Crippen LogP) is 1.37. The van der Waals surface area contributed by atoms with Crippen molar-refractivity contribution in [2.24, 2.45) is 0 Å². The SMILES string of the molecule is CNC(=O)c1coc(COC(=O)N2C=C3C=CC=C3C2)n1. The zero-order chi connectivity index (χ0) is 14.8. The Morgan fingerprint density at radius 3 is 3.14 bits per heavy atom. The normalized spacial score (nSPS) is 15.6. The largest absolute Gasteiger partial charge is 0.445 e. The number of rotatable bonds is 3. The van der Waals surface area contributed by atoms with Crippen LogP contribution in [0.25, 0.3) is 0 Å². The Labute approximate surface area is 120 Å². The van der Waals surface area contributed by atoms with Crippen LogP contribution in [0.15, 0.2) is 46.3 Å². The van der Waals surface area contributed by atoms with Crippen molar-refractivity contribution in [3.05, 3.63) is 53.4 Å². The molecule has 0 saturated carbocycles. The maximum absolute atomic E-state index is 11.9. The van der Waals surface area contributed by atoms with E-state index in [1.807, 2.05) is 18.2 Å². The second-order valence-corrected chi connectivity index (χ2v) is 4.52. The van der Waals surface area contributed by atoms with Crippen LogP contribution in [0.3, 0.4) is 0 Å². The average molecular weight is 287 g/mol. The van der Waals surface area contributed by atoms with E-state index in [0.29, 0.717) is 6.54 Å². The molecule has 0 spiro atoms. The fourth-order valence-corrected chi connectivity index (χ4v) is 2.07. The molecule has 7 nitrogen and oxygen atoms in total. The summed E-state index contributed by atoms with van der Waals surface area (Å²) in [5, 5.41) is 2.43. The van der Waals surface area contributed by atoms with Crippen molar-refractivity contribution < 1.29 is 18.7 Å². The minimum absolute atomic E-state index is 0.121. The van der Waals surface area contributed by atoms with E-state index in [1.54, 1.807) is 6.20 Å². The third kappa shape index (κ3) is 2.58. The van der Waals surface area contributed by atoms with E-state index in [2.05, 4.69) is 10.3 Å². The molecule has 0 fully saturated rings. The van der Waals surface area contributed by atoms with Gasteiger partial charge in [-0.15, -0.1) is 0 Å². The van der Waals surface area contributed by atoms with Crippen molar-refractivity contribution in [1.29, 1.82) is 0 Å². The molecule has 3 rings (SSSR count). The molecule has 108 valence electrons. The van der Waals surface area contributed by atoms with Crippen LogP contribution in [0.4, 0.5) is 4.79 Å². The highest BCUT2D eigenvalue weighted by atomic mass is 16.6. The number of fused-ring (bicyclic) bond motifs is 1. The first kappa shape index (κ1) is 13.2. The quantitative estimate of drug-likeness (QED) is 0.907. The topological polar surface area (TPSA) is 84.7 Å². The molecule has 0 aromatic carbocycles. The lowest BCUT2D eigenvalue weighted by Gasteiger charge is -2.12. The highest BCUT2D eigenvalue weighted by Crippen LogP contribution is 2.26. The van der Waals surface area contributed by atoms with Gasteiger partial charge in [0.05, 0.1) is 6.54 Å². The molecule has 1 aliphatic carbocycles. The van der Waals surface area contributed by atoms with Gasteiger partial charge in [0.15, 0.2) is 12.3 Å². The Morgan fingerprint density at radius 2 is 2.38 bits per heavy atom. The summed E-state index contributed by atoms with van der Waals surface area (Å²) in [6, 6.07) is 0. The van der Waals surface area contributed by atoms with E-state index in [1.165, 1.54) is 18.2 Å². The smallest absolute Gasteiger partial charge is 0.414 e. The standard InChI is InChI=1S/C14H13N3O4/c1-15-13(18)11-7-20-12(16-11)8-21-14(19)17-5-9-3-2-4-10(9)6-17/h2-5,7H,6,8H2,1H3,(H,15,18). The minimum atomic E-state index is -0.481. The van der Waals surface area contributed by atoms with E-state index < -0.39 is 6.09 Å². The molecule has 2 amide bonds. The van der Waals surface area contributed by atoms with E-state index in [9.17, 15) is 9.59 Å². The number of nitrogens with zero attached hydrogens (tertiary/aromatic N) is 2. The highest BCUT2D eigenvalue weighted by molar-refractivity contribution is 5.91. The van der Waals surface area contributed by atoms with E-state index in [4.69, 9.17) is 9.15 Å². The summed E-state index contributed by atoms with van der Waals surface area (Å²) in [4.78, 5) is 28.6. The number of ether oxygens (including phenoxy) is 1. The van der Waals surface area contributed by atoms with E-state index in [-0.39, 0.29) is 24.1 Å². The zero-order valence-electron chi connectivity index (χ0n) is 11.3. The first-order valence-electron chi connectivity index (χ1n) is 6.36. The Hall–Kier alpha value is -2.83. The van der Waals surface area contributed by atoms with Gasteiger partial charge < -0.3 is 14.5 Å². The Kier molecular flexibility index (Phi) is 3.31. The number of hydrogen-bond donors (Lipinski definition) is 1. The van der Waals surface area contributed by atoms with Crippen molar-refractivity contribution in [1.82, 2.24) is 15.2 Å². The fraction of sp³-hybridized carbons (Fsp3) is 0.214. The summed E-state index contributed by atoms with van der Waals surface area (Å²) in [5.74, 6) is -0.180. The number of nitrogens with one attached hydrogen (secondary N) is 1. The minimum Gasteiger partial charge on any atom is -0.445 e. The van der Waals surface area contributed by atoms with Crippen molar-refractivity contribution in [2.75, 3.05) is 13.6 Å². The van der Waals surface area contributed by atoms with Crippen LogP contribution < -0.4 is 5.32 Å². The number of carbonyl (C=O) groups excluding carboxylic acids is 2. The highest BCUT2D eigenvalue weighted by Gasteiger charge is 2.24. The second kappa shape index (κ2) is 5.28. The molecule has 1 aromatic rings. The molecule has 1 N–H and O–H groups in total. The van der Waals surface area contributed by atoms with Crippen LogP contribution in [0.5, 0.6) is 0 Å². The van der Waals surface area contributed by atoms with E-state index >= 15 is 0 Å². The van der Waals surface area contributed by atoms with Gasteiger partial charge in [0, 0.05) is 13.2 Å². The number of carbonyl (C=O) groups is 2. The molecule has 0 unspecified atom stereocenters. The van der Waals surface area contributed by atoms with Crippen LogP contribution in [0, 0.1) is 0 Å². The van der Waals surface area contributed by atoms with Gasteiger partial charge in [0.2, 0.25) is 5.89 Å². The maximum atomic E-state index is 11.9. The molecular formula is C14H13N3O4. The fourth-order valence-electron chi connectivity index (χ4n) is 2.07. The van der Waals surface area contributed by atoms with Crippen LogP contribution in [0.2, 0.25) is 0 Å². The third-order valence-electron chi connectivity index (χ3n) is 3.14. The summed E-state index contributed by atoms with van der Waals surface area (Å²) in [6.45, 7) is 0.376. The molecule has 0 radical (unpaired) electrons. The Balaban J connectivity index is 1.56. The number of amides is 2. The Bertz CT molecular complexity index is 684. The van der Waals surface area contributed by atoms with Crippen LogP contribution in [-0.4, -0.2) is 35.5 Å². The number of aromatic nitrogens is 1. The first-order chi connectivity index (χ1) is 10.2. The summed E-state index contributed by atoms with van der Waals surface area (Å²) >= 11 is 0. The van der Waals surface area contributed by atoms with Gasteiger partial charge in [-0.3, -0.25) is 9.69 Å². The molecule has 0 bridgehead atoms. The molecular weight excluding hydrogens is 274 g/mol. The summed E-state index contributed by atoms with van der Waals surface area (Å²) in [5.41, 5.74) is 2.26. The molecule has 2 aliphatic rings. The van der Waals surface area contributed by atoms with Gasteiger partial charge in [-0.1, -0.05) is 18.2 Å². The molecule has 7 heteroatoms. The molecule has 0 saturated heterocycles. The molecule has 1 aliphatic heterocycles. The van der Waals surface area contributed by atoms with Gasteiger partial charge >= 0.3 is 6.09 Å². The summed E-state index contributed by atoms with van der Waals surface area (Å²) in [7, 11) is 1.50. The van der Waals surface area contributed by atoms with Crippen LogP contribution in [-0.2, 0) is 11.3 Å². The van der Waals surface area contributed by atoms with Crippen molar-refractivity contribution >= 4 is 12.0 Å². The lowest BCUT2D eigenvalue weighted by atomic mass is 10.2. The molecule has 2 heterocycles. The van der Waals surface area contributed by atoms with Gasteiger partial charge in [0.25, 0.3) is 5.91 Å². The summed E-state index contributed by atoms with van der Waals surface area (Å²) < 4.78 is 10.2. The van der Waals surface area contributed by atoms with Crippen molar-refractivity contribution in [3.8, 4) is 0 Å². The average Bonchev–Trinajstić information content (AvgIpc) is 3.18. The van der Waals surface area contributed by atoms with Crippen LogP contribution >= 0.6 is 0 Å². The van der Waals surface area contributed by atoms with Gasteiger partial charge in [0.1, 0.15) is 6.26 Å². The van der Waals surface area contributed by atoms with Gasteiger partial charge in [-0.2, -0.15) is 0 Å². The first-order valence-corrected chi connectivity index (χ1v) is 6.36. The number of oxazole rings is 1. The number of hydrogen-bond acceptors (Lipinski definition) is 5. The predicted molar refractivity (Wildman–Crippen MR) is 72.1 cm³/mol. The van der Waals surface area contributed by atoms with Gasteiger partial charge in [-0.05, 0) is 11.1 Å². The zero-order valence-corrected chi connectivity index (χ0v) is 11.3. The lowest BCUT2D eigenvalue weighted by molar-refractivity contribution is 0.0958. The summed E-state index contributed by atoms with van der Waals surface area (Å²) in [6.07, 6.45) is 8.32. The lowest BCUT2D eigenvalue weighted by Crippen LogP contribution is -2.25. The molecule has 21 heavy (non-hydrogen) atoms. The number of allylic oxidation sites excluding steroid dienone is 3. The monoisotopic (exact) mass is 287 g/mol. The van der Waals surface area contributed by atoms with Crippen molar-refractivity contribution in [3.63, 3.8) is 0 Å². The van der Waals surface area contributed by atoms with Gasteiger partial charge in [-0.25, -0.2) is 9.78 Å². The molecule has 0 atom stereocenters. The van der Waals surface area contributed by atoms with Crippen LogP contribution in [0.1, 0.15) is 16.4 Å². The second-order valence-electron chi connectivity index (χ2n) is 4.52. The maximum Gasteiger partial charge on any atom is 0.414 e. The Morgan fingerprint density at radius 1 is 1.52 bits per heavy atom. The third-order valence-corrected chi connectivity index (χ3v) is 3.14.